The van der Waals surface area contributed by atoms with Crippen LogP contribution in [0.5, 0.6) is 0 Å². The number of halogens is 2. The molecule has 104 valence electrons. The number of H-pyrrole nitrogens is 1. The second kappa shape index (κ2) is 5.72. The van der Waals surface area contributed by atoms with Crippen LogP contribution in [0.15, 0.2) is 18.2 Å². The van der Waals surface area contributed by atoms with Crippen LogP contribution < -0.4 is 5.32 Å². The van der Waals surface area contributed by atoms with Gasteiger partial charge in [-0.3, -0.25) is 0 Å². The fourth-order valence-corrected chi connectivity index (χ4v) is 3.14. The average molecular weight is 326 g/mol. The van der Waals surface area contributed by atoms with Gasteiger partial charge in [-0.1, -0.05) is 23.2 Å². The van der Waals surface area contributed by atoms with Crippen LogP contribution in [0.2, 0.25) is 10.0 Å². The van der Waals surface area contributed by atoms with Crippen molar-refractivity contribution < 1.29 is 0 Å². The zero-order valence-corrected chi connectivity index (χ0v) is 13.0. The number of anilines is 1. The van der Waals surface area contributed by atoms with Crippen LogP contribution in [-0.4, -0.2) is 16.5 Å². The zero-order chi connectivity index (χ0) is 14.1. The zero-order valence-electron chi connectivity index (χ0n) is 10.7. The van der Waals surface area contributed by atoms with Crippen molar-refractivity contribution in [2.75, 3.05) is 11.9 Å². The molecule has 2 N–H and O–H groups in total. The SMILES string of the molecule is S=c1nc2c(c(-c3ccc(Cl)cc3Cl)[nH]1)CCCCN2. The van der Waals surface area contributed by atoms with Gasteiger partial charge in [0, 0.05) is 22.7 Å². The van der Waals surface area contributed by atoms with Crippen molar-refractivity contribution in [2.45, 2.75) is 19.3 Å². The fraction of sp³-hybridized carbons (Fsp3) is 0.286. The van der Waals surface area contributed by atoms with E-state index in [1.165, 1.54) is 0 Å². The van der Waals surface area contributed by atoms with Crippen molar-refractivity contribution in [1.29, 1.82) is 0 Å². The van der Waals surface area contributed by atoms with Crippen molar-refractivity contribution in [3.63, 3.8) is 0 Å². The smallest absolute Gasteiger partial charge is 0.199 e. The largest absolute Gasteiger partial charge is 0.370 e. The third-order valence-corrected chi connectivity index (χ3v) is 4.12. The number of aromatic amines is 1. The molecule has 1 aromatic heterocycles. The molecular weight excluding hydrogens is 313 g/mol. The first-order valence-electron chi connectivity index (χ1n) is 6.47. The monoisotopic (exact) mass is 325 g/mol. The summed E-state index contributed by atoms with van der Waals surface area (Å²) in [6.07, 6.45) is 3.19. The minimum Gasteiger partial charge on any atom is -0.370 e. The summed E-state index contributed by atoms with van der Waals surface area (Å²) < 4.78 is 0.458. The van der Waals surface area contributed by atoms with E-state index in [1.54, 1.807) is 6.07 Å². The van der Waals surface area contributed by atoms with Gasteiger partial charge in [0.25, 0.3) is 0 Å². The summed E-state index contributed by atoms with van der Waals surface area (Å²) >= 11 is 17.5. The van der Waals surface area contributed by atoms with Gasteiger partial charge in [0.2, 0.25) is 0 Å². The maximum Gasteiger partial charge on any atom is 0.199 e. The van der Waals surface area contributed by atoms with Crippen molar-refractivity contribution in [2.24, 2.45) is 0 Å². The molecule has 0 radical (unpaired) electrons. The number of rotatable bonds is 1. The molecule has 0 aliphatic carbocycles. The molecule has 3 nitrogen and oxygen atoms in total. The highest BCUT2D eigenvalue weighted by atomic mass is 35.5. The Hall–Kier alpha value is -1.10. The molecular formula is C14H13Cl2N3S. The van der Waals surface area contributed by atoms with E-state index in [4.69, 9.17) is 35.4 Å². The van der Waals surface area contributed by atoms with Crippen molar-refractivity contribution >= 4 is 41.2 Å². The lowest BCUT2D eigenvalue weighted by Crippen LogP contribution is -2.05. The molecule has 2 aromatic rings. The van der Waals surface area contributed by atoms with Crippen LogP contribution in [0, 0.1) is 4.77 Å². The summed E-state index contributed by atoms with van der Waals surface area (Å²) in [4.78, 5) is 7.56. The molecule has 0 atom stereocenters. The highest BCUT2D eigenvalue weighted by molar-refractivity contribution is 7.71. The van der Waals surface area contributed by atoms with Crippen LogP contribution in [0.25, 0.3) is 11.3 Å². The van der Waals surface area contributed by atoms with Gasteiger partial charge < -0.3 is 10.3 Å². The highest BCUT2D eigenvalue weighted by Crippen LogP contribution is 2.34. The van der Waals surface area contributed by atoms with E-state index >= 15 is 0 Å². The van der Waals surface area contributed by atoms with Gasteiger partial charge in [-0.15, -0.1) is 0 Å². The maximum atomic E-state index is 6.32. The number of nitrogens with one attached hydrogen (secondary N) is 2. The standard InChI is InChI=1S/C14H13Cl2N3S/c15-8-4-5-9(11(16)7-8)12-10-3-1-2-6-17-13(10)19-14(20)18-12/h4-5,7H,1-3,6H2,(H2,17,18,19,20). The average Bonchev–Trinajstić information content (AvgIpc) is 2.63. The first kappa shape index (κ1) is 13.9. The van der Waals surface area contributed by atoms with E-state index in [-0.39, 0.29) is 0 Å². The number of benzene rings is 1. The molecule has 2 heterocycles. The molecule has 6 heteroatoms. The summed E-state index contributed by atoms with van der Waals surface area (Å²) in [5.41, 5.74) is 2.99. The molecule has 20 heavy (non-hydrogen) atoms. The first-order valence-corrected chi connectivity index (χ1v) is 7.64. The number of hydrogen-bond donors (Lipinski definition) is 2. The fourth-order valence-electron chi connectivity index (χ4n) is 2.44. The Bertz CT molecular complexity index is 712. The van der Waals surface area contributed by atoms with Crippen LogP contribution in [0.3, 0.4) is 0 Å². The summed E-state index contributed by atoms with van der Waals surface area (Å²) in [6.45, 7) is 0.923. The lowest BCUT2D eigenvalue weighted by molar-refractivity contribution is 0.785. The van der Waals surface area contributed by atoms with Gasteiger partial charge in [0.1, 0.15) is 5.82 Å². The Morgan fingerprint density at radius 3 is 2.85 bits per heavy atom. The second-order valence-electron chi connectivity index (χ2n) is 4.75. The van der Waals surface area contributed by atoms with Gasteiger partial charge in [0.05, 0.1) is 10.7 Å². The van der Waals surface area contributed by atoms with Crippen molar-refractivity contribution in [3.05, 3.63) is 38.6 Å². The van der Waals surface area contributed by atoms with Gasteiger partial charge in [-0.25, -0.2) is 4.98 Å². The molecule has 1 aliphatic rings. The third-order valence-electron chi connectivity index (χ3n) is 3.38. The topological polar surface area (TPSA) is 40.7 Å². The Labute approximate surface area is 132 Å². The van der Waals surface area contributed by atoms with Crippen molar-refractivity contribution in [3.8, 4) is 11.3 Å². The van der Waals surface area contributed by atoms with Gasteiger partial charge >= 0.3 is 0 Å². The van der Waals surface area contributed by atoms with E-state index in [0.29, 0.717) is 14.8 Å². The molecule has 1 aliphatic heterocycles. The Kier molecular flexibility index (Phi) is 3.96. The molecule has 0 saturated heterocycles. The number of fused-ring (bicyclic) bond motifs is 1. The molecule has 1 aromatic carbocycles. The van der Waals surface area contributed by atoms with Gasteiger partial charge in [-0.05, 0) is 49.7 Å². The molecule has 0 bridgehead atoms. The summed E-state index contributed by atoms with van der Waals surface area (Å²) in [6, 6.07) is 5.49. The molecule has 0 amide bonds. The Morgan fingerprint density at radius 2 is 2.05 bits per heavy atom. The quantitative estimate of drug-likeness (QED) is 0.735. The van der Waals surface area contributed by atoms with E-state index in [2.05, 4.69) is 15.3 Å². The molecule has 0 unspecified atom stereocenters. The van der Waals surface area contributed by atoms with Crippen LogP contribution in [-0.2, 0) is 6.42 Å². The third kappa shape index (κ3) is 2.68. The van der Waals surface area contributed by atoms with E-state index in [9.17, 15) is 0 Å². The normalized spacial score (nSPS) is 14.3. The first-order chi connectivity index (χ1) is 9.65. The van der Waals surface area contributed by atoms with Crippen LogP contribution in [0.4, 0.5) is 5.82 Å². The molecule has 3 rings (SSSR count). The second-order valence-corrected chi connectivity index (χ2v) is 5.98. The van der Waals surface area contributed by atoms with Gasteiger partial charge in [0.15, 0.2) is 4.77 Å². The lowest BCUT2D eigenvalue weighted by atomic mass is 10.0. The highest BCUT2D eigenvalue weighted by Gasteiger charge is 2.17. The van der Waals surface area contributed by atoms with Crippen LogP contribution >= 0.6 is 35.4 Å². The number of nitrogens with zero attached hydrogens (tertiary/aromatic N) is 1. The molecule has 0 saturated carbocycles. The van der Waals surface area contributed by atoms with E-state index in [0.717, 1.165) is 48.4 Å². The van der Waals surface area contributed by atoms with E-state index in [1.807, 2.05) is 12.1 Å². The van der Waals surface area contributed by atoms with Crippen LogP contribution in [0.1, 0.15) is 18.4 Å². The predicted molar refractivity (Wildman–Crippen MR) is 86.3 cm³/mol. The number of aromatic nitrogens is 2. The Morgan fingerprint density at radius 1 is 1.20 bits per heavy atom. The van der Waals surface area contributed by atoms with Crippen molar-refractivity contribution in [1.82, 2.24) is 9.97 Å². The Balaban J connectivity index is 2.22. The maximum absolute atomic E-state index is 6.32. The van der Waals surface area contributed by atoms with E-state index < -0.39 is 0 Å². The molecule has 0 spiro atoms. The predicted octanol–water partition coefficient (Wildman–Crippen LogP) is 4.86. The summed E-state index contributed by atoms with van der Waals surface area (Å²) in [5.74, 6) is 0.868. The minimum absolute atomic E-state index is 0.458. The number of hydrogen-bond acceptors (Lipinski definition) is 3. The lowest BCUT2D eigenvalue weighted by Gasteiger charge is -2.13. The minimum atomic E-state index is 0.458. The molecule has 0 fully saturated rings. The summed E-state index contributed by atoms with van der Waals surface area (Å²) in [7, 11) is 0. The van der Waals surface area contributed by atoms with Gasteiger partial charge in [-0.2, -0.15) is 0 Å². The summed E-state index contributed by atoms with van der Waals surface area (Å²) in [5, 5.41) is 4.57.